The number of hydrogen-bond acceptors (Lipinski definition) is 2. The first-order valence-electron chi connectivity index (χ1n) is 4.67. The maximum atomic E-state index is 8.43. The molecule has 2 aliphatic rings. The van der Waals surface area contributed by atoms with E-state index < -0.39 is 0 Å². The molecular weight excluding hydrogens is 150 g/mol. The van der Waals surface area contributed by atoms with Crippen molar-refractivity contribution in [2.24, 2.45) is 22.9 Å². The van der Waals surface area contributed by atoms with Gasteiger partial charge < -0.3 is 5.21 Å². The van der Waals surface area contributed by atoms with Crippen LogP contribution < -0.4 is 0 Å². The first-order valence-corrected chi connectivity index (χ1v) is 4.67. The van der Waals surface area contributed by atoms with Crippen molar-refractivity contribution in [1.82, 2.24) is 0 Å². The van der Waals surface area contributed by atoms with E-state index in [4.69, 9.17) is 5.21 Å². The highest BCUT2D eigenvalue weighted by Crippen LogP contribution is 2.50. The fourth-order valence-corrected chi connectivity index (χ4v) is 2.79. The van der Waals surface area contributed by atoms with Crippen LogP contribution in [0.25, 0.3) is 0 Å². The third-order valence-electron chi connectivity index (χ3n) is 3.40. The summed E-state index contributed by atoms with van der Waals surface area (Å²) in [5.74, 6) is 2.10. The average Bonchev–Trinajstić information content (AvgIpc) is 2.62. The second kappa shape index (κ2) is 2.92. The standard InChI is InChI=1S/C10H15NO/c1-2-7-3-9-4-8(7)5-10(9)6-11-12/h2,6,8-10,12H,3-5H2,1H3/b7-2-,11-6+. The van der Waals surface area contributed by atoms with Gasteiger partial charge in [-0.1, -0.05) is 11.6 Å². The topological polar surface area (TPSA) is 32.6 Å². The fourth-order valence-electron chi connectivity index (χ4n) is 2.79. The van der Waals surface area contributed by atoms with Crippen LogP contribution in [0.4, 0.5) is 0 Å². The Hall–Kier alpha value is -0.790. The first kappa shape index (κ1) is 7.84. The number of hydrogen-bond donors (Lipinski definition) is 1. The fraction of sp³-hybridized carbons (Fsp3) is 0.700. The van der Waals surface area contributed by atoms with E-state index in [1.807, 2.05) is 0 Å². The van der Waals surface area contributed by atoms with E-state index >= 15 is 0 Å². The Morgan fingerprint density at radius 2 is 2.33 bits per heavy atom. The molecule has 0 spiro atoms. The maximum absolute atomic E-state index is 8.43. The summed E-state index contributed by atoms with van der Waals surface area (Å²) in [5, 5.41) is 11.6. The maximum Gasteiger partial charge on any atom is 0.0469 e. The highest BCUT2D eigenvalue weighted by molar-refractivity contribution is 5.62. The van der Waals surface area contributed by atoms with Gasteiger partial charge in [0.05, 0.1) is 0 Å². The van der Waals surface area contributed by atoms with Crippen molar-refractivity contribution in [3.05, 3.63) is 11.6 Å². The zero-order valence-electron chi connectivity index (χ0n) is 7.40. The Morgan fingerprint density at radius 3 is 2.83 bits per heavy atom. The number of allylic oxidation sites excluding steroid dienone is 2. The van der Waals surface area contributed by atoms with Crippen LogP contribution in [-0.2, 0) is 0 Å². The molecule has 12 heavy (non-hydrogen) atoms. The van der Waals surface area contributed by atoms with Crippen LogP contribution >= 0.6 is 0 Å². The monoisotopic (exact) mass is 165 g/mol. The molecule has 2 nitrogen and oxygen atoms in total. The van der Waals surface area contributed by atoms with Crippen LogP contribution in [0.1, 0.15) is 26.2 Å². The zero-order chi connectivity index (χ0) is 8.55. The summed E-state index contributed by atoms with van der Waals surface area (Å²) in [6.45, 7) is 2.13. The van der Waals surface area contributed by atoms with E-state index in [1.54, 1.807) is 11.8 Å². The molecule has 3 unspecified atom stereocenters. The van der Waals surface area contributed by atoms with Crippen molar-refractivity contribution >= 4 is 6.21 Å². The smallest absolute Gasteiger partial charge is 0.0469 e. The van der Waals surface area contributed by atoms with E-state index in [-0.39, 0.29) is 0 Å². The van der Waals surface area contributed by atoms with Crippen LogP contribution in [-0.4, -0.2) is 11.4 Å². The Balaban J connectivity index is 2.07. The van der Waals surface area contributed by atoms with Gasteiger partial charge in [-0.15, -0.1) is 5.16 Å². The second-order valence-electron chi connectivity index (χ2n) is 3.92. The summed E-state index contributed by atoms with van der Waals surface area (Å²) in [6, 6.07) is 0. The van der Waals surface area contributed by atoms with Gasteiger partial charge in [0.25, 0.3) is 0 Å². The van der Waals surface area contributed by atoms with E-state index in [0.717, 1.165) is 11.8 Å². The SMILES string of the molecule is C/C=C1/CC2CC1CC2/C=N/O. The highest BCUT2D eigenvalue weighted by atomic mass is 16.4. The molecule has 2 fully saturated rings. The lowest BCUT2D eigenvalue weighted by Crippen LogP contribution is -2.12. The zero-order valence-corrected chi connectivity index (χ0v) is 7.40. The quantitative estimate of drug-likeness (QED) is 0.275. The van der Waals surface area contributed by atoms with Gasteiger partial charge in [0.15, 0.2) is 0 Å². The average molecular weight is 165 g/mol. The third-order valence-corrected chi connectivity index (χ3v) is 3.40. The van der Waals surface area contributed by atoms with Crippen molar-refractivity contribution in [1.29, 1.82) is 0 Å². The summed E-state index contributed by atoms with van der Waals surface area (Å²) in [4.78, 5) is 0. The molecular formula is C10H15NO. The molecule has 0 aromatic rings. The summed E-state index contributed by atoms with van der Waals surface area (Å²) >= 11 is 0. The Labute approximate surface area is 73.0 Å². The van der Waals surface area contributed by atoms with Crippen LogP contribution in [0, 0.1) is 17.8 Å². The van der Waals surface area contributed by atoms with Gasteiger partial charge >= 0.3 is 0 Å². The summed E-state index contributed by atoms with van der Waals surface area (Å²) < 4.78 is 0. The van der Waals surface area contributed by atoms with Gasteiger partial charge in [0.1, 0.15) is 0 Å². The van der Waals surface area contributed by atoms with Crippen LogP contribution in [0.15, 0.2) is 16.8 Å². The van der Waals surface area contributed by atoms with Gasteiger partial charge in [-0.25, -0.2) is 0 Å². The highest BCUT2D eigenvalue weighted by Gasteiger charge is 2.41. The number of nitrogens with zero attached hydrogens (tertiary/aromatic N) is 1. The molecule has 2 rings (SSSR count). The van der Waals surface area contributed by atoms with Gasteiger partial charge in [0, 0.05) is 12.1 Å². The Kier molecular flexibility index (Phi) is 1.91. The summed E-state index contributed by atoms with van der Waals surface area (Å²) in [7, 11) is 0. The second-order valence-corrected chi connectivity index (χ2v) is 3.92. The molecule has 0 aliphatic heterocycles. The van der Waals surface area contributed by atoms with Gasteiger partial charge in [0.2, 0.25) is 0 Å². The van der Waals surface area contributed by atoms with E-state index in [2.05, 4.69) is 18.2 Å². The van der Waals surface area contributed by atoms with Gasteiger partial charge in [-0.05, 0) is 38.0 Å². The summed E-state index contributed by atoms with van der Waals surface area (Å²) in [6.07, 6.45) is 7.73. The molecule has 0 amide bonds. The molecule has 0 radical (unpaired) electrons. The molecule has 2 heteroatoms. The van der Waals surface area contributed by atoms with Crippen molar-refractivity contribution in [2.75, 3.05) is 0 Å². The largest absolute Gasteiger partial charge is 0.411 e. The molecule has 0 aromatic carbocycles. The normalized spacial score (nSPS) is 43.4. The Bertz CT molecular complexity index is 232. The van der Waals surface area contributed by atoms with Crippen LogP contribution in [0.2, 0.25) is 0 Å². The van der Waals surface area contributed by atoms with Gasteiger partial charge in [-0.3, -0.25) is 0 Å². The lowest BCUT2D eigenvalue weighted by molar-refractivity contribution is 0.314. The molecule has 2 bridgehead atoms. The first-order chi connectivity index (χ1) is 5.85. The van der Waals surface area contributed by atoms with E-state index in [9.17, 15) is 0 Å². The van der Waals surface area contributed by atoms with Crippen LogP contribution in [0.5, 0.6) is 0 Å². The Morgan fingerprint density at radius 1 is 1.50 bits per heavy atom. The van der Waals surface area contributed by atoms with Crippen molar-refractivity contribution in [3.63, 3.8) is 0 Å². The number of rotatable bonds is 1. The lowest BCUT2D eigenvalue weighted by Gasteiger charge is -2.18. The van der Waals surface area contributed by atoms with Crippen LogP contribution in [0.3, 0.4) is 0 Å². The van der Waals surface area contributed by atoms with E-state index in [0.29, 0.717) is 5.92 Å². The molecule has 0 aromatic heterocycles. The molecule has 1 N–H and O–H groups in total. The summed E-state index contributed by atoms with van der Waals surface area (Å²) in [5.41, 5.74) is 1.63. The van der Waals surface area contributed by atoms with Crippen molar-refractivity contribution in [2.45, 2.75) is 26.2 Å². The molecule has 0 saturated heterocycles. The minimum atomic E-state index is 0.545. The van der Waals surface area contributed by atoms with Gasteiger partial charge in [-0.2, -0.15) is 0 Å². The molecule has 2 saturated carbocycles. The number of fused-ring (bicyclic) bond motifs is 2. The lowest BCUT2D eigenvalue weighted by atomic mass is 9.86. The molecule has 3 atom stereocenters. The third kappa shape index (κ3) is 1.06. The van der Waals surface area contributed by atoms with Crippen molar-refractivity contribution < 1.29 is 5.21 Å². The van der Waals surface area contributed by atoms with Crippen molar-refractivity contribution in [3.8, 4) is 0 Å². The minimum absolute atomic E-state index is 0.545. The molecule has 2 aliphatic carbocycles. The molecule has 66 valence electrons. The minimum Gasteiger partial charge on any atom is -0.411 e. The predicted molar refractivity (Wildman–Crippen MR) is 48.4 cm³/mol. The molecule has 0 heterocycles. The predicted octanol–water partition coefficient (Wildman–Crippen LogP) is 2.44. The van der Waals surface area contributed by atoms with E-state index in [1.165, 1.54) is 19.3 Å². The number of oxime groups is 1.